The van der Waals surface area contributed by atoms with Crippen LogP contribution in [0.4, 0.5) is 11.4 Å². The van der Waals surface area contributed by atoms with Crippen molar-refractivity contribution in [3.8, 4) is 11.4 Å². The van der Waals surface area contributed by atoms with Crippen molar-refractivity contribution in [2.45, 2.75) is 0 Å². The summed E-state index contributed by atoms with van der Waals surface area (Å²) in [6.45, 7) is -0.230. The zero-order chi connectivity index (χ0) is 24.8. The number of anilines is 2. The molecule has 0 spiro atoms. The van der Waals surface area contributed by atoms with Gasteiger partial charge in [0, 0.05) is 34.2 Å². The van der Waals surface area contributed by atoms with Gasteiger partial charge in [-0.3, -0.25) is 24.3 Å². The SMILES string of the molecule is O=C(CN1C(=O)/C(=c2\sc3nc(-c4cccnc4)nn3c2=O)c2ccccc21)Nc1cccc(Cl)c1. The number of carbonyl (C=O) groups excluding carboxylic acids is 2. The molecule has 6 rings (SSSR count). The molecule has 2 amide bonds. The number of hydrogen-bond donors (Lipinski definition) is 1. The lowest BCUT2D eigenvalue weighted by molar-refractivity contribution is -0.118. The van der Waals surface area contributed by atoms with E-state index >= 15 is 0 Å². The quantitative estimate of drug-likeness (QED) is 0.395. The number of hydrogen-bond acceptors (Lipinski definition) is 7. The molecular formula is C25H15ClN6O3S. The second-order valence-corrected chi connectivity index (χ2v) is 9.36. The maximum Gasteiger partial charge on any atom is 0.291 e. The smallest absolute Gasteiger partial charge is 0.291 e. The van der Waals surface area contributed by atoms with Crippen molar-refractivity contribution in [3.63, 3.8) is 0 Å². The number of nitrogens with one attached hydrogen (secondary N) is 1. The van der Waals surface area contributed by atoms with Crippen LogP contribution in [0, 0.1) is 0 Å². The van der Waals surface area contributed by atoms with Gasteiger partial charge in [0.2, 0.25) is 10.9 Å². The van der Waals surface area contributed by atoms with Gasteiger partial charge < -0.3 is 5.32 Å². The molecule has 5 aromatic rings. The topological polar surface area (TPSA) is 110 Å². The average Bonchev–Trinajstić information content (AvgIpc) is 3.51. The Hall–Kier alpha value is -4.41. The van der Waals surface area contributed by atoms with Crippen LogP contribution >= 0.6 is 22.9 Å². The van der Waals surface area contributed by atoms with Crippen LogP contribution in [0.2, 0.25) is 5.02 Å². The van der Waals surface area contributed by atoms with Gasteiger partial charge in [-0.1, -0.05) is 47.2 Å². The Morgan fingerprint density at radius 2 is 1.92 bits per heavy atom. The maximum absolute atomic E-state index is 13.5. The first-order chi connectivity index (χ1) is 17.5. The molecule has 36 heavy (non-hydrogen) atoms. The highest BCUT2D eigenvalue weighted by molar-refractivity contribution is 7.15. The first-order valence-electron chi connectivity index (χ1n) is 10.8. The molecule has 0 saturated carbocycles. The molecular weight excluding hydrogens is 500 g/mol. The predicted octanol–water partition coefficient (Wildman–Crippen LogP) is 2.77. The normalized spacial score (nSPS) is 14.4. The summed E-state index contributed by atoms with van der Waals surface area (Å²) >= 11 is 7.08. The Labute approximate surface area is 212 Å². The highest BCUT2D eigenvalue weighted by Crippen LogP contribution is 2.35. The molecule has 0 radical (unpaired) electrons. The van der Waals surface area contributed by atoms with Gasteiger partial charge in [-0.05, 0) is 36.4 Å². The Morgan fingerprint density at radius 3 is 2.69 bits per heavy atom. The summed E-state index contributed by atoms with van der Waals surface area (Å²) in [5.41, 5.74) is 2.11. The van der Waals surface area contributed by atoms with Gasteiger partial charge in [0.15, 0.2) is 5.82 Å². The second kappa shape index (κ2) is 8.67. The highest BCUT2D eigenvalue weighted by atomic mass is 35.5. The summed E-state index contributed by atoms with van der Waals surface area (Å²) in [6.07, 6.45) is 3.25. The number of aromatic nitrogens is 4. The predicted molar refractivity (Wildman–Crippen MR) is 137 cm³/mol. The largest absolute Gasteiger partial charge is 0.324 e. The standard InChI is InChI=1S/C25H15ClN6O3S/c26-15-6-3-7-16(11-15)28-19(33)13-31-18-9-2-1-8-17(18)20(23(31)34)21-24(35)32-25(36-21)29-22(30-32)14-5-4-10-27-12-14/h1-12H,13H2,(H,28,33)/b21-20-. The van der Waals surface area contributed by atoms with Crippen LogP contribution < -0.4 is 20.3 Å². The molecule has 3 aromatic heterocycles. The molecule has 0 atom stereocenters. The van der Waals surface area contributed by atoms with Crippen molar-refractivity contribution in [2.24, 2.45) is 0 Å². The van der Waals surface area contributed by atoms with Crippen LogP contribution in [0.25, 0.3) is 21.9 Å². The first-order valence-corrected chi connectivity index (χ1v) is 12.0. The van der Waals surface area contributed by atoms with Crippen molar-refractivity contribution in [1.29, 1.82) is 0 Å². The fourth-order valence-corrected chi connectivity index (χ4v) is 5.26. The van der Waals surface area contributed by atoms with E-state index in [1.54, 1.807) is 73.1 Å². The van der Waals surface area contributed by atoms with E-state index in [4.69, 9.17) is 11.6 Å². The van der Waals surface area contributed by atoms with Gasteiger partial charge in [-0.2, -0.15) is 9.50 Å². The number of rotatable bonds is 4. The lowest BCUT2D eigenvalue weighted by Gasteiger charge is -2.16. The number of thiazole rings is 1. The minimum atomic E-state index is -0.443. The van der Waals surface area contributed by atoms with Crippen molar-refractivity contribution in [3.05, 3.63) is 98.5 Å². The van der Waals surface area contributed by atoms with Gasteiger partial charge in [0.05, 0.1) is 11.3 Å². The Balaban J connectivity index is 1.39. The van der Waals surface area contributed by atoms with Gasteiger partial charge >= 0.3 is 0 Å². The van der Waals surface area contributed by atoms with Crippen LogP contribution in [0.5, 0.6) is 0 Å². The minimum absolute atomic E-state index is 0.220. The Kier molecular flexibility index (Phi) is 5.32. The van der Waals surface area contributed by atoms with Crippen LogP contribution in [-0.2, 0) is 9.59 Å². The molecule has 1 aliphatic rings. The summed E-state index contributed by atoms with van der Waals surface area (Å²) in [5.74, 6) is -0.459. The molecule has 9 nitrogen and oxygen atoms in total. The lowest BCUT2D eigenvalue weighted by Crippen LogP contribution is -2.37. The molecule has 0 aliphatic carbocycles. The molecule has 0 fully saturated rings. The zero-order valence-corrected chi connectivity index (χ0v) is 20.0. The number of carbonyl (C=O) groups is 2. The lowest BCUT2D eigenvalue weighted by atomic mass is 10.1. The molecule has 176 valence electrons. The monoisotopic (exact) mass is 514 g/mol. The third kappa shape index (κ3) is 3.72. The number of nitrogens with zero attached hydrogens (tertiary/aromatic N) is 5. The molecule has 1 N–H and O–H groups in total. The fraction of sp³-hybridized carbons (Fsp3) is 0.0400. The molecule has 0 saturated heterocycles. The molecule has 4 heterocycles. The van der Waals surface area contributed by atoms with Gasteiger partial charge in [0.25, 0.3) is 11.5 Å². The summed E-state index contributed by atoms with van der Waals surface area (Å²) in [4.78, 5) is 49.8. The number of benzene rings is 2. The minimum Gasteiger partial charge on any atom is -0.324 e. The first kappa shape index (κ1) is 22.1. The van der Waals surface area contributed by atoms with Gasteiger partial charge in [-0.25, -0.2) is 0 Å². The van der Waals surface area contributed by atoms with Crippen molar-refractivity contribution < 1.29 is 9.59 Å². The number of para-hydroxylation sites is 1. The Bertz CT molecular complexity index is 1780. The van der Waals surface area contributed by atoms with E-state index in [0.717, 1.165) is 11.3 Å². The van der Waals surface area contributed by atoms with E-state index in [9.17, 15) is 14.4 Å². The average molecular weight is 515 g/mol. The fourth-order valence-electron chi connectivity index (χ4n) is 4.07. The van der Waals surface area contributed by atoms with Crippen molar-refractivity contribution in [1.82, 2.24) is 19.6 Å². The third-order valence-electron chi connectivity index (χ3n) is 5.64. The molecule has 1 aliphatic heterocycles. The number of fused-ring (bicyclic) bond motifs is 2. The summed E-state index contributed by atoms with van der Waals surface area (Å²) in [6, 6.07) is 17.4. The Morgan fingerprint density at radius 1 is 1.06 bits per heavy atom. The molecule has 2 aromatic carbocycles. The van der Waals surface area contributed by atoms with Crippen LogP contribution in [0.1, 0.15) is 5.56 Å². The second-order valence-electron chi connectivity index (χ2n) is 7.95. The summed E-state index contributed by atoms with van der Waals surface area (Å²) < 4.78 is 1.41. The highest BCUT2D eigenvalue weighted by Gasteiger charge is 2.35. The zero-order valence-electron chi connectivity index (χ0n) is 18.4. The number of halogens is 1. The van der Waals surface area contributed by atoms with Gasteiger partial charge in [0.1, 0.15) is 11.1 Å². The summed E-state index contributed by atoms with van der Waals surface area (Å²) in [5, 5.41) is 7.56. The van der Waals surface area contributed by atoms with E-state index in [0.29, 0.717) is 38.3 Å². The number of amides is 2. The van der Waals surface area contributed by atoms with E-state index in [1.807, 2.05) is 0 Å². The van der Waals surface area contributed by atoms with E-state index in [1.165, 1.54) is 9.42 Å². The van der Waals surface area contributed by atoms with Crippen LogP contribution in [0.3, 0.4) is 0 Å². The third-order valence-corrected chi connectivity index (χ3v) is 6.90. The van der Waals surface area contributed by atoms with Crippen molar-refractivity contribution >= 4 is 56.7 Å². The van der Waals surface area contributed by atoms with Crippen molar-refractivity contribution in [2.75, 3.05) is 16.8 Å². The van der Waals surface area contributed by atoms with E-state index < -0.39 is 17.4 Å². The molecule has 0 unspecified atom stereocenters. The van der Waals surface area contributed by atoms with Crippen LogP contribution in [-0.4, -0.2) is 37.9 Å². The van der Waals surface area contributed by atoms with Crippen LogP contribution in [0.15, 0.2) is 77.9 Å². The van der Waals surface area contributed by atoms with Gasteiger partial charge in [-0.15, -0.1) is 5.10 Å². The molecule has 11 heteroatoms. The van der Waals surface area contributed by atoms with E-state index in [-0.39, 0.29) is 16.7 Å². The van der Waals surface area contributed by atoms with E-state index in [2.05, 4.69) is 20.4 Å². The number of pyridine rings is 1. The summed E-state index contributed by atoms with van der Waals surface area (Å²) in [7, 11) is 0. The molecule has 0 bridgehead atoms. The maximum atomic E-state index is 13.5.